The molecule has 0 saturated heterocycles. The number of aryl methyl sites for hydroxylation is 1. The van der Waals surface area contributed by atoms with E-state index in [9.17, 15) is 4.79 Å². The van der Waals surface area contributed by atoms with Crippen molar-refractivity contribution in [3.63, 3.8) is 0 Å². The molecule has 1 aliphatic heterocycles. The predicted octanol–water partition coefficient (Wildman–Crippen LogP) is 1.77. The number of benzene rings is 1. The number of rotatable bonds is 7. The van der Waals surface area contributed by atoms with Crippen molar-refractivity contribution in [2.45, 2.75) is 19.3 Å². The molecule has 0 amide bonds. The average Bonchev–Trinajstić information content (AvgIpc) is 2.46. The van der Waals surface area contributed by atoms with Crippen molar-refractivity contribution in [1.29, 1.82) is 0 Å². The number of carbonyl (C=O) groups is 1. The molecular formula is C16H25N3O. The van der Waals surface area contributed by atoms with Gasteiger partial charge in [-0.1, -0.05) is 0 Å². The largest absolute Gasteiger partial charge is 0.385 e. The molecule has 0 aromatic heterocycles. The first-order valence-electron chi connectivity index (χ1n) is 7.42. The number of carbonyl (C=O) groups excluding carboxylic acids is 1. The number of hydrogen-bond acceptors (Lipinski definition) is 4. The van der Waals surface area contributed by atoms with E-state index in [-0.39, 0.29) is 5.78 Å². The van der Waals surface area contributed by atoms with Gasteiger partial charge in [-0.3, -0.25) is 4.79 Å². The van der Waals surface area contributed by atoms with Crippen LogP contribution in [0.25, 0.3) is 0 Å². The minimum absolute atomic E-state index is 0.184. The quantitative estimate of drug-likeness (QED) is 0.588. The molecule has 4 heteroatoms. The fourth-order valence-electron chi connectivity index (χ4n) is 2.47. The van der Waals surface area contributed by atoms with Crippen LogP contribution in [0.15, 0.2) is 18.2 Å². The molecule has 110 valence electrons. The van der Waals surface area contributed by atoms with Gasteiger partial charge >= 0.3 is 0 Å². The number of ketones is 1. The minimum Gasteiger partial charge on any atom is -0.385 e. The van der Waals surface area contributed by atoms with Gasteiger partial charge in [0.2, 0.25) is 0 Å². The maximum absolute atomic E-state index is 12.1. The molecule has 0 atom stereocenters. The van der Waals surface area contributed by atoms with E-state index in [0.29, 0.717) is 6.54 Å². The second-order valence-corrected chi connectivity index (χ2v) is 5.66. The van der Waals surface area contributed by atoms with Gasteiger partial charge in [-0.25, -0.2) is 0 Å². The van der Waals surface area contributed by atoms with Gasteiger partial charge in [0.15, 0.2) is 5.78 Å². The van der Waals surface area contributed by atoms with Crippen LogP contribution in [-0.4, -0.2) is 51.0 Å². The monoisotopic (exact) mass is 275 g/mol. The van der Waals surface area contributed by atoms with E-state index in [1.54, 1.807) is 0 Å². The van der Waals surface area contributed by atoms with Gasteiger partial charge in [-0.15, -0.1) is 0 Å². The standard InChI is InChI=1S/C16H25N3O/c1-19(2)10-4-8-17-12-16(20)14-6-7-15-13(11-14)5-3-9-18-15/h6-7,11,17-18H,3-5,8-10,12H2,1-2H3. The molecule has 0 fully saturated rings. The Kier molecular flexibility index (Phi) is 5.56. The molecule has 1 heterocycles. The molecule has 1 aromatic rings. The number of nitrogens with one attached hydrogen (secondary N) is 2. The SMILES string of the molecule is CN(C)CCCNCC(=O)c1ccc2c(c1)CCCN2. The molecule has 0 radical (unpaired) electrons. The number of hydrogen-bond donors (Lipinski definition) is 2. The summed E-state index contributed by atoms with van der Waals surface area (Å²) in [7, 11) is 4.12. The lowest BCUT2D eigenvalue weighted by atomic mass is 9.99. The molecule has 20 heavy (non-hydrogen) atoms. The summed E-state index contributed by atoms with van der Waals surface area (Å²) >= 11 is 0. The predicted molar refractivity (Wildman–Crippen MR) is 83.6 cm³/mol. The van der Waals surface area contributed by atoms with Gasteiger partial charge in [0.05, 0.1) is 6.54 Å². The van der Waals surface area contributed by atoms with Crippen LogP contribution >= 0.6 is 0 Å². The van der Waals surface area contributed by atoms with Crippen LogP contribution in [0.3, 0.4) is 0 Å². The fourth-order valence-corrected chi connectivity index (χ4v) is 2.47. The normalized spacial score (nSPS) is 13.9. The van der Waals surface area contributed by atoms with Crippen molar-refractivity contribution in [1.82, 2.24) is 10.2 Å². The van der Waals surface area contributed by atoms with E-state index in [1.165, 1.54) is 11.3 Å². The van der Waals surface area contributed by atoms with E-state index in [1.807, 2.05) is 18.2 Å². The highest BCUT2D eigenvalue weighted by atomic mass is 16.1. The maximum atomic E-state index is 12.1. The maximum Gasteiger partial charge on any atom is 0.176 e. The van der Waals surface area contributed by atoms with Crippen molar-refractivity contribution < 1.29 is 4.79 Å². The van der Waals surface area contributed by atoms with Crippen LogP contribution in [0, 0.1) is 0 Å². The topological polar surface area (TPSA) is 44.4 Å². The summed E-state index contributed by atoms with van der Waals surface area (Å²) in [5, 5.41) is 6.59. The number of nitrogens with zero attached hydrogens (tertiary/aromatic N) is 1. The zero-order valence-electron chi connectivity index (χ0n) is 12.5. The average molecular weight is 275 g/mol. The van der Waals surface area contributed by atoms with Crippen LogP contribution in [0.2, 0.25) is 0 Å². The van der Waals surface area contributed by atoms with Crippen molar-refractivity contribution in [3.05, 3.63) is 29.3 Å². The highest BCUT2D eigenvalue weighted by Gasteiger charge is 2.12. The van der Waals surface area contributed by atoms with Crippen LogP contribution in [-0.2, 0) is 6.42 Å². The number of Topliss-reactive ketones (excluding diaryl/α,β-unsaturated/α-hetero) is 1. The Morgan fingerprint density at radius 2 is 2.25 bits per heavy atom. The summed E-state index contributed by atoms with van der Waals surface area (Å²) in [5.41, 5.74) is 3.29. The third kappa shape index (κ3) is 4.32. The Morgan fingerprint density at radius 3 is 3.05 bits per heavy atom. The van der Waals surface area contributed by atoms with Crippen molar-refractivity contribution >= 4 is 11.5 Å². The van der Waals surface area contributed by atoms with Crippen LogP contribution in [0.1, 0.15) is 28.8 Å². The second-order valence-electron chi connectivity index (χ2n) is 5.66. The van der Waals surface area contributed by atoms with Crippen molar-refractivity contribution in [3.8, 4) is 0 Å². The molecule has 0 aliphatic carbocycles. The number of anilines is 1. The highest BCUT2D eigenvalue weighted by Crippen LogP contribution is 2.22. The van der Waals surface area contributed by atoms with E-state index in [4.69, 9.17) is 0 Å². The lowest BCUT2D eigenvalue weighted by Gasteiger charge is -2.18. The third-order valence-corrected chi connectivity index (χ3v) is 3.61. The van der Waals surface area contributed by atoms with Gasteiger partial charge in [0.25, 0.3) is 0 Å². The molecule has 4 nitrogen and oxygen atoms in total. The molecule has 0 saturated carbocycles. The first kappa shape index (κ1) is 15.0. The summed E-state index contributed by atoms with van der Waals surface area (Å²) in [5.74, 6) is 0.184. The van der Waals surface area contributed by atoms with Crippen LogP contribution in [0.5, 0.6) is 0 Å². The van der Waals surface area contributed by atoms with E-state index in [0.717, 1.165) is 44.5 Å². The molecule has 2 rings (SSSR count). The molecule has 0 spiro atoms. The molecule has 1 aromatic carbocycles. The van der Waals surface area contributed by atoms with Crippen molar-refractivity contribution in [2.24, 2.45) is 0 Å². The summed E-state index contributed by atoms with van der Waals surface area (Å²) in [6.07, 6.45) is 3.28. The van der Waals surface area contributed by atoms with Gasteiger partial charge in [0.1, 0.15) is 0 Å². The van der Waals surface area contributed by atoms with E-state index < -0.39 is 0 Å². The Hall–Kier alpha value is -1.39. The van der Waals surface area contributed by atoms with E-state index >= 15 is 0 Å². The zero-order chi connectivity index (χ0) is 14.4. The minimum atomic E-state index is 0.184. The first-order valence-corrected chi connectivity index (χ1v) is 7.42. The van der Waals surface area contributed by atoms with Crippen molar-refractivity contribution in [2.75, 3.05) is 45.6 Å². The smallest absolute Gasteiger partial charge is 0.176 e. The highest BCUT2D eigenvalue weighted by molar-refractivity contribution is 5.98. The molecule has 2 N–H and O–H groups in total. The first-order chi connectivity index (χ1) is 9.66. The zero-order valence-corrected chi connectivity index (χ0v) is 12.5. The Bertz CT molecular complexity index is 457. The van der Waals surface area contributed by atoms with Gasteiger partial charge in [-0.05, 0) is 70.2 Å². The lowest BCUT2D eigenvalue weighted by molar-refractivity contribution is 0.0991. The third-order valence-electron chi connectivity index (χ3n) is 3.61. The van der Waals surface area contributed by atoms with Gasteiger partial charge < -0.3 is 15.5 Å². The Morgan fingerprint density at radius 1 is 1.40 bits per heavy atom. The van der Waals surface area contributed by atoms with Gasteiger partial charge in [0, 0.05) is 17.8 Å². The molecule has 1 aliphatic rings. The van der Waals surface area contributed by atoms with Gasteiger partial charge in [-0.2, -0.15) is 0 Å². The fraction of sp³-hybridized carbons (Fsp3) is 0.562. The molecule has 0 unspecified atom stereocenters. The summed E-state index contributed by atoms with van der Waals surface area (Å²) in [6, 6.07) is 6.01. The summed E-state index contributed by atoms with van der Waals surface area (Å²) in [4.78, 5) is 14.3. The molecule has 0 bridgehead atoms. The Labute approximate surface area is 121 Å². The second kappa shape index (κ2) is 7.41. The molecular weight excluding hydrogens is 250 g/mol. The van der Waals surface area contributed by atoms with Crippen LogP contribution < -0.4 is 10.6 Å². The lowest BCUT2D eigenvalue weighted by Crippen LogP contribution is -2.26. The summed E-state index contributed by atoms with van der Waals surface area (Å²) in [6.45, 7) is 3.40. The van der Waals surface area contributed by atoms with Crippen LogP contribution in [0.4, 0.5) is 5.69 Å². The van der Waals surface area contributed by atoms with E-state index in [2.05, 4.69) is 29.6 Å². The Balaban J connectivity index is 1.80. The summed E-state index contributed by atoms with van der Waals surface area (Å²) < 4.78 is 0. The number of fused-ring (bicyclic) bond motifs is 1.